The lowest BCUT2D eigenvalue weighted by atomic mass is 10.0. The fraction of sp³-hybridized carbons (Fsp3) is 0. The summed E-state index contributed by atoms with van der Waals surface area (Å²) in [6.45, 7) is 0. The van der Waals surface area contributed by atoms with Crippen LogP contribution in [0.4, 0.5) is 0 Å². The maximum absolute atomic E-state index is 6.14. The van der Waals surface area contributed by atoms with Crippen LogP contribution in [0.2, 0.25) is 0 Å². The summed E-state index contributed by atoms with van der Waals surface area (Å²) in [6.07, 6.45) is 3.62. The van der Waals surface area contributed by atoms with Gasteiger partial charge in [-0.1, -0.05) is 76.6 Å². The Bertz CT molecular complexity index is 1930. The van der Waals surface area contributed by atoms with E-state index in [9.17, 15) is 0 Å². The fourth-order valence-corrected chi connectivity index (χ4v) is 5.13. The van der Waals surface area contributed by atoms with Crippen molar-refractivity contribution < 1.29 is 4.42 Å². The van der Waals surface area contributed by atoms with E-state index in [2.05, 4.69) is 45.2 Å². The van der Waals surface area contributed by atoms with Crippen LogP contribution in [-0.2, 0) is 0 Å². The monoisotopic (exact) mass is 554 g/mol. The fourth-order valence-electron chi connectivity index (χ4n) is 4.63. The molecule has 0 fully saturated rings. The zero-order valence-electron chi connectivity index (χ0n) is 20.0. The normalized spacial score (nSPS) is 11.3. The molecular weight excluding hydrogens is 536 g/mol. The predicted octanol–water partition coefficient (Wildman–Crippen LogP) is 8.60. The van der Waals surface area contributed by atoms with Gasteiger partial charge in [-0.05, 0) is 48.0 Å². The molecule has 7 aromatic rings. The van der Waals surface area contributed by atoms with E-state index in [1.54, 1.807) is 6.20 Å². The Kier molecular flexibility index (Phi) is 5.52. The zero-order chi connectivity index (χ0) is 25.5. The highest BCUT2D eigenvalue weighted by Crippen LogP contribution is 2.34. The minimum atomic E-state index is 0.583. The van der Waals surface area contributed by atoms with Crippen LogP contribution in [0.15, 0.2) is 124 Å². The summed E-state index contributed by atoms with van der Waals surface area (Å²) in [7, 11) is 0. The van der Waals surface area contributed by atoms with Crippen LogP contribution in [-0.4, -0.2) is 19.9 Å². The van der Waals surface area contributed by atoms with Crippen LogP contribution in [0.1, 0.15) is 0 Å². The molecule has 0 aliphatic carbocycles. The van der Waals surface area contributed by atoms with Crippen molar-refractivity contribution in [3.8, 4) is 45.3 Å². The van der Waals surface area contributed by atoms with Gasteiger partial charge in [-0.3, -0.25) is 4.98 Å². The molecule has 0 spiro atoms. The number of para-hydroxylation sites is 1. The van der Waals surface area contributed by atoms with Gasteiger partial charge in [0, 0.05) is 49.9 Å². The van der Waals surface area contributed by atoms with Gasteiger partial charge < -0.3 is 4.42 Å². The van der Waals surface area contributed by atoms with Crippen LogP contribution in [0, 0.1) is 0 Å². The van der Waals surface area contributed by atoms with Crippen molar-refractivity contribution in [3.63, 3.8) is 0 Å². The van der Waals surface area contributed by atoms with Crippen LogP contribution in [0.5, 0.6) is 0 Å². The summed E-state index contributed by atoms with van der Waals surface area (Å²) >= 11 is 3.67. The van der Waals surface area contributed by atoms with Crippen molar-refractivity contribution in [2.45, 2.75) is 0 Å². The smallest absolute Gasteiger partial charge is 0.164 e. The largest absolute Gasteiger partial charge is 0.456 e. The number of hydrogen-bond acceptors (Lipinski definition) is 5. The zero-order valence-corrected chi connectivity index (χ0v) is 21.6. The molecule has 3 heterocycles. The first-order valence-corrected chi connectivity index (χ1v) is 13.0. The number of nitrogens with zero attached hydrogens (tertiary/aromatic N) is 4. The molecular formula is C32H19BrN4O. The SMILES string of the molecule is Brc1cc(-c2cccnc2)cc(-c2nc(-c3ccccc3)nc(-c3ccc4c(c3)oc3ccccc34)n2)c1. The Morgan fingerprint density at radius 3 is 2.00 bits per heavy atom. The Labute approximate surface area is 227 Å². The van der Waals surface area contributed by atoms with E-state index in [4.69, 9.17) is 19.4 Å². The average Bonchev–Trinajstić information content (AvgIpc) is 3.35. The summed E-state index contributed by atoms with van der Waals surface area (Å²) < 4.78 is 7.07. The third-order valence-corrected chi connectivity index (χ3v) is 6.91. The van der Waals surface area contributed by atoms with E-state index in [1.807, 2.05) is 85.1 Å². The molecule has 7 rings (SSSR count). The number of pyridine rings is 1. The molecule has 38 heavy (non-hydrogen) atoms. The van der Waals surface area contributed by atoms with Gasteiger partial charge in [-0.15, -0.1) is 0 Å². The minimum absolute atomic E-state index is 0.583. The topological polar surface area (TPSA) is 64.7 Å². The highest BCUT2D eigenvalue weighted by atomic mass is 79.9. The van der Waals surface area contributed by atoms with Crippen LogP contribution in [0.25, 0.3) is 67.2 Å². The summed E-state index contributed by atoms with van der Waals surface area (Å²) in [5.74, 6) is 1.78. The molecule has 0 amide bonds. The average molecular weight is 555 g/mol. The summed E-state index contributed by atoms with van der Waals surface area (Å²) in [6, 6.07) is 34.3. The predicted molar refractivity (Wildman–Crippen MR) is 154 cm³/mol. The first-order valence-electron chi connectivity index (χ1n) is 12.2. The van der Waals surface area contributed by atoms with E-state index in [1.165, 1.54) is 0 Å². The molecule has 5 nitrogen and oxygen atoms in total. The van der Waals surface area contributed by atoms with Crippen molar-refractivity contribution in [1.82, 2.24) is 19.9 Å². The molecule has 6 heteroatoms. The maximum atomic E-state index is 6.14. The second-order valence-electron chi connectivity index (χ2n) is 8.95. The van der Waals surface area contributed by atoms with Crippen molar-refractivity contribution in [3.05, 3.63) is 120 Å². The number of halogens is 1. The molecule has 0 N–H and O–H groups in total. The van der Waals surface area contributed by atoms with Gasteiger partial charge in [0.05, 0.1) is 0 Å². The first kappa shape index (κ1) is 22.5. The highest BCUT2D eigenvalue weighted by Gasteiger charge is 2.15. The number of aromatic nitrogens is 4. The van der Waals surface area contributed by atoms with Crippen LogP contribution < -0.4 is 0 Å². The molecule has 3 aromatic heterocycles. The van der Waals surface area contributed by atoms with Crippen molar-refractivity contribution in [2.75, 3.05) is 0 Å². The molecule has 0 aliphatic heterocycles. The Morgan fingerprint density at radius 2 is 1.18 bits per heavy atom. The van der Waals surface area contributed by atoms with E-state index >= 15 is 0 Å². The highest BCUT2D eigenvalue weighted by molar-refractivity contribution is 9.10. The van der Waals surface area contributed by atoms with Gasteiger partial charge in [-0.25, -0.2) is 15.0 Å². The molecule has 0 aliphatic rings. The lowest BCUT2D eigenvalue weighted by Crippen LogP contribution is -2.00. The number of furan rings is 1. The Hall–Kier alpha value is -4.68. The van der Waals surface area contributed by atoms with Gasteiger partial charge in [0.2, 0.25) is 0 Å². The molecule has 0 bridgehead atoms. The third-order valence-electron chi connectivity index (χ3n) is 6.46. The number of benzene rings is 4. The maximum Gasteiger partial charge on any atom is 0.164 e. The quantitative estimate of drug-likeness (QED) is 0.218. The molecule has 180 valence electrons. The van der Waals surface area contributed by atoms with Gasteiger partial charge in [-0.2, -0.15) is 0 Å². The van der Waals surface area contributed by atoms with E-state index < -0.39 is 0 Å². The van der Waals surface area contributed by atoms with Crippen molar-refractivity contribution in [2.24, 2.45) is 0 Å². The first-order chi connectivity index (χ1) is 18.7. The second kappa shape index (κ2) is 9.32. The number of hydrogen-bond donors (Lipinski definition) is 0. The molecule has 0 saturated carbocycles. The molecule has 0 radical (unpaired) electrons. The Morgan fingerprint density at radius 1 is 0.500 bits per heavy atom. The molecule has 0 atom stereocenters. The lowest BCUT2D eigenvalue weighted by molar-refractivity contribution is 0.669. The molecule has 0 saturated heterocycles. The van der Waals surface area contributed by atoms with Gasteiger partial charge >= 0.3 is 0 Å². The third kappa shape index (κ3) is 4.15. The van der Waals surface area contributed by atoms with Crippen LogP contribution >= 0.6 is 15.9 Å². The number of fused-ring (bicyclic) bond motifs is 3. The molecule has 4 aromatic carbocycles. The summed E-state index contributed by atoms with van der Waals surface area (Å²) in [5.41, 5.74) is 6.36. The van der Waals surface area contributed by atoms with Crippen molar-refractivity contribution >= 4 is 37.9 Å². The lowest BCUT2D eigenvalue weighted by Gasteiger charge is -2.10. The van der Waals surface area contributed by atoms with Gasteiger partial charge in [0.15, 0.2) is 17.5 Å². The van der Waals surface area contributed by atoms with Crippen molar-refractivity contribution in [1.29, 1.82) is 0 Å². The van der Waals surface area contributed by atoms with E-state index in [-0.39, 0.29) is 0 Å². The van der Waals surface area contributed by atoms with Crippen LogP contribution in [0.3, 0.4) is 0 Å². The van der Waals surface area contributed by atoms with E-state index in [0.29, 0.717) is 17.5 Å². The summed E-state index contributed by atoms with van der Waals surface area (Å²) in [4.78, 5) is 19.0. The van der Waals surface area contributed by atoms with Gasteiger partial charge in [0.1, 0.15) is 11.2 Å². The summed E-state index contributed by atoms with van der Waals surface area (Å²) in [5, 5.41) is 2.16. The van der Waals surface area contributed by atoms with Gasteiger partial charge in [0.25, 0.3) is 0 Å². The van der Waals surface area contributed by atoms with E-state index in [0.717, 1.165) is 54.2 Å². The Balaban J connectivity index is 1.42. The minimum Gasteiger partial charge on any atom is -0.456 e. The molecule has 0 unspecified atom stereocenters. The second-order valence-corrected chi connectivity index (χ2v) is 9.87. The number of rotatable bonds is 4. The standard InChI is InChI=1S/C32H19BrN4O/c33-25-16-23(22-9-6-14-34-19-22)15-24(17-25)32-36-30(20-7-2-1-3-8-20)35-31(37-32)21-12-13-27-26-10-4-5-11-28(26)38-29(27)18-21/h1-19H.